The van der Waals surface area contributed by atoms with Crippen LogP contribution in [0.15, 0.2) is 51.5 Å². The number of nitrogens with zero attached hydrogens (tertiary/aromatic N) is 3. The first kappa shape index (κ1) is 19.9. The van der Waals surface area contributed by atoms with Crippen molar-refractivity contribution in [3.8, 4) is 6.07 Å². The summed E-state index contributed by atoms with van der Waals surface area (Å²) in [5.74, 6) is 0.0120. The van der Waals surface area contributed by atoms with Crippen LogP contribution >= 0.6 is 11.6 Å². The summed E-state index contributed by atoms with van der Waals surface area (Å²) in [6.45, 7) is 4.07. The summed E-state index contributed by atoms with van der Waals surface area (Å²) in [6.07, 6.45) is 0.433. The number of nitriles is 1. The molecule has 0 aliphatic rings. The number of halogens is 1. The molecule has 0 saturated carbocycles. The van der Waals surface area contributed by atoms with Crippen molar-refractivity contribution >= 4 is 38.5 Å². The molecular weight excluding hydrogens is 372 g/mol. The summed E-state index contributed by atoms with van der Waals surface area (Å²) >= 11 is 6.14. The molecule has 0 spiro atoms. The van der Waals surface area contributed by atoms with Gasteiger partial charge >= 0.3 is 0 Å². The van der Waals surface area contributed by atoms with E-state index in [0.29, 0.717) is 24.3 Å². The Hall–Kier alpha value is -2.43. The van der Waals surface area contributed by atoms with Gasteiger partial charge in [-0.25, -0.2) is 8.42 Å². The molecule has 0 saturated heterocycles. The zero-order chi connectivity index (χ0) is 19.2. The second-order valence-corrected chi connectivity index (χ2v) is 8.24. The van der Waals surface area contributed by atoms with Crippen LogP contribution in [-0.2, 0) is 9.84 Å². The Morgan fingerprint density at radius 2 is 1.85 bits per heavy atom. The van der Waals surface area contributed by atoms with E-state index in [1.54, 1.807) is 13.0 Å². The number of hydrogen-bond acceptors (Lipinski definition) is 6. The van der Waals surface area contributed by atoms with E-state index in [2.05, 4.69) is 21.6 Å². The van der Waals surface area contributed by atoms with Crippen LogP contribution in [0.1, 0.15) is 18.9 Å². The fourth-order valence-corrected chi connectivity index (χ4v) is 3.37. The fraction of sp³-hybridized carbons (Fsp3) is 0.278. The molecule has 136 valence electrons. The number of nitrogens with one attached hydrogen (secondary N) is 1. The highest BCUT2D eigenvalue weighted by atomic mass is 35.5. The molecule has 6 nitrogen and oxygen atoms in total. The molecule has 0 bridgehead atoms. The maximum atomic E-state index is 11.9. The first-order valence-corrected chi connectivity index (χ1v) is 10.1. The lowest BCUT2D eigenvalue weighted by Crippen LogP contribution is -2.03. The molecule has 0 amide bonds. The Labute approximate surface area is 158 Å². The third-order valence-electron chi connectivity index (χ3n) is 3.69. The van der Waals surface area contributed by atoms with E-state index >= 15 is 0 Å². The lowest BCUT2D eigenvalue weighted by Gasteiger charge is -2.07. The standard InChI is InChI=1S/C18H19ClN4O2S/c1-3-26(24,25)15-6-8-18(16(19)12-15)23-22-17-7-5-14(11-13(17)2)21-10-4-9-20/h5-8,11-12,21H,3-4,10H2,1-2H3. The van der Waals surface area contributed by atoms with Gasteiger partial charge in [-0.3, -0.25) is 0 Å². The van der Waals surface area contributed by atoms with Crippen LogP contribution in [0, 0.1) is 18.3 Å². The fourth-order valence-electron chi connectivity index (χ4n) is 2.18. The van der Waals surface area contributed by atoms with E-state index in [0.717, 1.165) is 11.3 Å². The Bertz CT molecular complexity index is 966. The molecule has 8 heteroatoms. The third-order valence-corrected chi connectivity index (χ3v) is 5.72. The molecule has 2 rings (SSSR count). The molecular formula is C18H19ClN4O2S. The maximum absolute atomic E-state index is 11.9. The van der Waals surface area contributed by atoms with Crippen molar-refractivity contribution in [2.24, 2.45) is 10.2 Å². The second kappa shape index (κ2) is 8.79. The van der Waals surface area contributed by atoms with Crippen LogP contribution in [0.5, 0.6) is 0 Å². The van der Waals surface area contributed by atoms with Gasteiger partial charge in [0, 0.05) is 12.2 Å². The smallest absolute Gasteiger partial charge is 0.178 e. The first-order valence-electron chi connectivity index (χ1n) is 8.03. The predicted octanol–water partition coefficient (Wildman–Crippen LogP) is 5.18. The Kier molecular flexibility index (Phi) is 6.72. The van der Waals surface area contributed by atoms with Gasteiger partial charge in [-0.1, -0.05) is 18.5 Å². The average molecular weight is 391 g/mol. The van der Waals surface area contributed by atoms with E-state index in [1.165, 1.54) is 12.1 Å². The molecule has 2 aromatic carbocycles. The van der Waals surface area contributed by atoms with Crippen LogP contribution in [0.3, 0.4) is 0 Å². The first-order chi connectivity index (χ1) is 12.4. The minimum absolute atomic E-state index is 0.0120. The van der Waals surface area contributed by atoms with E-state index in [-0.39, 0.29) is 15.7 Å². The van der Waals surface area contributed by atoms with Crippen molar-refractivity contribution in [1.82, 2.24) is 0 Å². The van der Waals surface area contributed by atoms with Crippen molar-refractivity contribution in [3.63, 3.8) is 0 Å². The molecule has 0 fully saturated rings. The van der Waals surface area contributed by atoms with Gasteiger partial charge in [0.2, 0.25) is 0 Å². The van der Waals surface area contributed by atoms with Crippen molar-refractivity contribution in [1.29, 1.82) is 5.26 Å². The molecule has 0 radical (unpaired) electrons. The second-order valence-electron chi connectivity index (χ2n) is 5.55. The predicted molar refractivity (Wildman–Crippen MR) is 103 cm³/mol. The summed E-state index contributed by atoms with van der Waals surface area (Å²) in [5.41, 5.74) is 2.90. The van der Waals surface area contributed by atoms with Crippen LogP contribution in [0.2, 0.25) is 5.02 Å². The number of hydrogen-bond donors (Lipinski definition) is 1. The normalized spacial score (nSPS) is 11.5. The minimum atomic E-state index is -3.31. The van der Waals surface area contributed by atoms with Crippen molar-refractivity contribution in [2.45, 2.75) is 25.2 Å². The topological polar surface area (TPSA) is 94.7 Å². The molecule has 26 heavy (non-hydrogen) atoms. The Morgan fingerprint density at radius 1 is 1.15 bits per heavy atom. The lowest BCUT2D eigenvalue weighted by molar-refractivity contribution is 0.597. The van der Waals surface area contributed by atoms with Crippen LogP contribution < -0.4 is 5.32 Å². The van der Waals surface area contributed by atoms with Gasteiger partial charge in [0.25, 0.3) is 0 Å². The van der Waals surface area contributed by atoms with Gasteiger partial charge in [0.15, 0.2) is 9.84 Å². The number of anilines is 1. The third kappa shape index (κ3) is 5.04. The SMILES string of the molecule is CCS(=O)(=O)c1ccc(N=Nc2ccc(NCCC#N)cc2C)c(Cl)c1. The molecule has 2 aromatic rings. The van der Waals surface area contributed by atoms with E-state index in [9.17, 15) is 8.42 Å². The minimum Gasteiger partial charge on any atom is -0.384 e. The van der Waals surface area contributed by atoms with Gasteiger partial charge in [-0.2, -0.15) is 10.4 Å². The van der Waals surface area contributed by atoms with Crippen LogP contribution in [-0.4, -0.2) is 20.7 Å². The van der Waals surface area contributed by atoms with E-state index in [4.69, 9.17) is 16.9 Å². The van der Waals surface area contributed by atoms with Gasteiger partial charge < -0.3 is 5.32 Å². The average Bonchev–Trinajstić information content (AvgIpc) is 2.62. The number of azo groups is 1. The lowest BCUT2D eigenvalue weighted by atomic mass is 10.2. The zero-order valence-electron chi connectivity index (χ0n) is 14.5. The van der Waals surface area contributed by atoms with Crippen molar-refractivity contribution in [3.05, 3.63) is 47.0 Å². The van der Waals surface area contributed by atoms with Gasteiger partial charge in [0.05, 0.1) is 33.8 Å². The number of aryl methyl sites for hydroxylation is 1. The van der Waals surface area contributed by atoms with Crippen molar-refractivity contribution in [2.75, 3.05) is 17.6 Å². The van der Waals surface area contributed by atoms with E-state index in [1.807, 2.05) is 25.1 Å². The molecule has 0 unspecified atom stereocenters. The van der Waals surface area contributed by atoms with Gasteiger partial charge in [-0.15, -0.1) is 5.11 Å². The van der Waals surface area contributed by atoms with Gasteiger partial charge in [0.1, 0.15) is 5.69 Å². The highest BCUT2D eigenvalue weighted by Crippen LogP contribution is 2.31. The van der Waals surface area contributed by atoms with Crippen LogP contribution in [0.25, 0.3) is 0 Å². The van der Waals surface area contributed by atoms with E-state index < -0.39 is 9.84 Å². The summed E-state index contributed by atoms with van der Waals surface area (Å²) < 4.78 is 23.8. The monoisotopic (exact) mass is 390 g/mol. The molecule has 0 heterocycles. The quantitative estimate of drug-likeness (QED) is 0.520. The highest BCUT2D eigenvalue weighted by Gasteiger charge is 2.13. The molecule has 0 atom stereocenters. The molecule has 0 aliphatic carbocycles. The number of sulfone groups is 1. The summed E-state index contributed by atoms with van der Waals surface area (Å²) in [5, 5.41) is 20.3. The molecule has 0 aliphatic heterocycles. The largest absolute Gasteiger partial charge is 0.384 e. The molecule has 0 aromatic heterocycles. The van der Waals surface area contributed by atoms with Crippen molar-refractivity contribution < 1.29 is 8.42 Å². The summed E-state index contributed by atoms with van der Waals surface area (Å²) in [4.78, 5) is 0.174. The zero-order valence-corrected chi connectivity index (χ0v) is 16.1. The number of benzene rings is 2. The number of rotatable bonds is 7. The summed E-state index contributed by atoms with van der Waals surface area (Å²) in [7, 11) is -3.31. The highest BCUT2D eigenvalue weighted by molar-refractivity contribution is 7.91. The van der Waals surface area contributed by atoms with Crippen LogP contribution in [0.4, 0.5) is 17.1 Å². The Morgan fingerprint density at radius 3 is 2.46 bits per heavy atom. The Balaban J connectivity index is 2.18. The maximum Gasteiger partial charge on any atom is 0.178 e. The summed E-state index contributed by atoms with van der Waals surface area (Å²) in [6, 6.07) is 12.1. The molecule has 1 N–H and O–H groups in total. The van der Waals surface area contributed by atoms with Gasteiger partial charge in [-0.05, 0) is 48.9 Å².